The van der Waals surface area contributed by atoms with Crippen molar-refractivity contribution in [2.45, 2.75) is 58.5 Å². The molecule has 0 aliphatic rings. The summed E-state index contributed by atoms with van der Waals surface area (Å²) in [6, 6.07) is 9.47. The Bertz CT molecular complexity index is 391. The van der Waals surface area contributed by atoms with Crippen LogP contribution in [0.1, 0.15) is 45.6 Å². The van der Waals surface area contributed by atoms with Crippen LogP contribution >= 0.6 is 0 Å². The summed E-state index contributed by atoms with van der Waals surface area (Å²) in [6.45, 7) is 8.35. The maximum atomic E-state index is 6.17. The van der Waals surface area contributed by atoms with Crippen molar-refractivity contribution in [2.75, 3.05) is 25.2 Å². The first-order valence-electron chi connectivity index (χ1n) is 8.26. The summed E-state index contributed by atoms with van der Waals surface area (Å²) in [5, 5.41) is 0. The molecule has 2 N–H and O–H groups in total. The average Bonchev–Trinajstić information content (AvgIpc) is 2.52. The third kappa shape index (κ3) is 5.33. The Morgan fingerprint density at radius 2 is 1.76 bits per heavy atom. The standard InChI is InChI=1S/C18H32N2O/c1-5-16(19)14-15-10-8-9-11-18(15)20(12-13-21-4)17(6-2)7-3/h8-11,16-17H,5-7,12-14,19H2,1-4H3. The first kappa shape index (κ1) is 18.0. The first-order chi connectivity index (χ1) is 10.2. The van der Waals surface area contributed by atoms with E-state index in [2.05, 4.69) is 49.9 Å². The van der Waals surface area contributed by atoms with Crippen LogP contribution < -0.4 is 10.6 Å². The highest BCUT2D eigenvalue weighted by Gasteiger charge is 2.18. The summed E-state index contributed by atoms with van der Waals surface area (Å²) in [4.78, 5) is 2.50. The molecule has 0 radical (unpaired) electrons. The summed E-state index contributed by atoms with van der Waals surface area (Å²) < 4.78 is 5.31. The lowest BCUT2D eigenvalue weighted by Gasteiger charge is -2.34. The Labute approximate surface area is 130 Å². The van der Waals surface area contributed by atoms with Gasteiger partial charge in [-0.3, -0.25) is 0 Å². The number of anilines is 1. The number of hydrogen-bond acceptors (Lipinski definition) is 3. The Morgan fingerprint density at radius 3 is 2.33 bits per heavy atom. The summed E-state index contributed by atoms with van der Waals surface area (Å²) in [6.07, 6.45) is 4.25. The molecule has 1 aromatic rings. The van der Waals surface area contributed by atoms with Gasteiger partial charge in [-0.2, -0.15) is 0 Å². The maximum absolute atomic E-state index is 6.17. The van der Waals surface area contributed by atoms with Crippen LogP contribution in [0.2, 0.25) is 0 Å². The molecule has 3 nitrogen and oxygen atoms in total. The second kappa shape index (κ2) is 9.80. The summed E-state index contributed by atoms with van der Waals surface area (Å²) in [5.74, 6) is 0. The molecule has 0 saturated heterocycles. The monoisotopic (exact) mass is 292 g/mol. The number of nitrogens with zero attached hydrogens (tertiary/aromatic N) is 1. The molecule has 1 rings (SSSR count). The number of para-hydroxylation sites is 1. The minimum atomic E-state index is 0.233. The summed E-state index contributed by atoms with van der Waals surface area (Å²) in [5.41, 5.74) is 8.85. The average molecular weight is 292 g/mol. The van der Waals surface area contributed by atoms with Gasteiger partial charge in [0.25, 0.3) is 0 Å². The van der Waals surface area contributed by atoms with Crippen molar-refractivity contribution in [1.82, 2.24) is 0 Å². The van der Waals surface area contributed by atoms with Gasteiger partial charge in [0.1, 0.15) is 0 Å². The normalized spacial score (nSPS) is 12.7. The largest absolute Gasteiger partial charge is 0.383 e. The van der Waals surface area contributed by atoms with E-state index in [1.54, 1.807) is 7.11 Å². The molecule has 0 bridgehead atoms. The van der Waals surface area contributed by atoms with Crippen molar-refractivity contribution < 1.29 is 4.74 Å². The third-order valence-electron chi connectivity index (χ3n) is 4.23. The van der Waals surface area contributed by atoms with Crippen LogP contribution in [-0.4, -0.2) is 32.3 Å². The summed E-state index contributed by atoms with van der Waals surface area (Å²) in [7, 11) is 1.77. The Kier molecular flexibility index (Phi) is 8.40. The van der Waals surface area contributed by atoms with Gasteiger partial charge in [-0.05, 0) is 37.3 Å². The van der Waals surface area contributed by atoms with Crippen molar-refractivity contribution in [1.29, 1.82) is 0 Å². The van der Waals surface area contributed by atoms with Crippen molar-refractivity contribution in [3.8, 4) is 0 Å². The fraction of sp³-hybridized carbons (Fsp3) is 0.667. The van der Waals surface area contributed by atoms with E-state index >= 15 is 0 Å². The molecule has 1 unspecified atom stereocenters. The first-order valence-corrected chi connectivity index (χ1v) is 8.26. The summed E-state index contributed by atoms with van der Waals surface area (Å²) >= 11 is 0. The highest BCUT2D eigenvalue weighted by molar-refractivity contribution is 5.55. The van der Waals surface area contributed by atoms with Crippen LogP contribution in [-0.2, 0) is 11.2 Å². The van der Waals surface area contributed by atoms with E-state index < -0.39 is 0 Å². The van der Waals surface area contributed by atoms with Crippen molar-refractivity contribution >= 4 is 5.69 Å². The highest BCUT2D eigenvalue weighted by Crippen LogP contribution is 2.26. The van der Waals surface area contributed by atoms with Gasteiger partial charge in [0.15, 0.2) is 0 Å². The van der Waals surface area contributed by atoms with Crippen LogP contribution in [0.4, 0.5) is 5.69 Å². The zero-order valence-electron chi connectivity index (χ0n) is 14.1. The van der Waals surface area contributed by atoms with Gasteiger partial charge in [0.05, 0.1) is 6.61 Å². The van der Waals surface area contributed by atoms with Crippen LogP contribution in [0.5, 0.6) is 0 Å². The molecule has 0 amide bonds. The van der Waals surface area contributed by atoms with Gasteiger partial charge in [-0.15, -0.1) is 0 Å². The molecule has 0 heterocycles. The highest BCUT2D eigenvalue weighted by atomic mass is 16.5. The minimum absolute atomic E-state index is 0.233. The smallest absolute Gasteiger partial charge is 0.0637 e. The van der Waals surface area contributed by atoms with E-state index in [1.165, 1.54) is 11.3 Å². The number of rotatable bonds is 10. The lowest BCUT2D eigenvalue weighted by atomic mass is 10.00. The molecular formula is C18H32N2O. The SMILES string of the molecule is CCC(N)Cc1ccccc1N(CCOC)C(CC)CC. The fourth-order valence-electron chi connectivity index (χ4n) is 2.81. The maximum Gasteiger partial charge on any atom is 0.0637 e. The van der Waals surface area contributed by atoms with E-state index in [9.17, 15) is 0 Å². The number of methoxy groups -OCH3 is 1. The quantitative estimate of drug-likeness (QED) is 0.716. The minimum Gasteiger partial charge on any atom is -0.383 e. The van der Waals surface area contributed by atoms with Gasteiger partial charge in [0.2, 0.25) is 0 Å². The van der Waals surface area contributed by atoms with E-state index in [1.807, 2.05) is 0 Å². The second-order valence-electron chi connectivity index (χ2n) is 5.66. The van der Waals surface area contributed by atoms with E-state index in [4.69, 9.17) is 10.5 Å². The Morgan fingerprint density at radius 1 is 1.10 bits per heavy atom. The predicted molar refractivity (Wildman–Crippen MR) is 92.0 cm³/mol. The molecular weight excluding hydrogens is 260 g/mol. The van der Waals surface area contributed by atoms with Gasteiger partial charge in [-0.1, -0.05) is 39.0 Å². The molecule has 0 aliphatic heterocycles. The van der Waals surface area contributed by atoms with Gasteiger partial charge >= 0.3 is 0 Å². The van der Waals surface area contributed by atoms with Crippen molar-refractivity contribution in [3.05, 3.63) is 29.8 Å². The Hall–Kier alpha value is -1.06. The van der Waals surface area contributed by atoms with Gasteiger partial charge in [0, 0.05) is 31.4 Å². The molecule has 1 atom stereocenters. The molecule has 1 aromatic carbocycles. The third-order valence-corrected chi connectivity index (χ3v) is 4.23. The number of hydrogen-bond donors (Lipinski definition) is 1. The molecule has 0 aromatic heterocycles. The van der Waals surface area contributed by atoms with Crippen LogP contribution in [0.15, 0.2) is 24.3 Å². The van der Waals surface area contributed by atoms with E-state index in [0.29, 0.717) is 6.04 Å². The van der Waals surface area contributed by atoms with E-state index in [0.717, 1.165) is 38.8 Å². The Balaban J connectivity index is 3.04. The molecule has 0 saturated carbocycles. The van der Waals surface area contributed by atoms with E-state index in [-0.39, 0.29) is 6.04 Å². The topological polar surface area (TPSA) is 38.5 Å². The van der Waals surface area contributed by atoms with Crippen LogP contribution in [0.25, 0.3) is 0 Å². The lowest BCUT2D eigenvalue weighted by molar-refractivity contribution is 0.202. The molecule has 120 valence electrons. The molecule has 3 heteroatoms. The molecule has 0 spiro atoms. The molecule has 21 heavy (non-hydrogen) atoms. The van der Waals surface area contributed by atoms with Crippen molar-refractivity contribution in [2.24, 2.45) is 5.73 Å². The molecule has 0 fully saturated rings. The lowest BCUT2D eigenvalue weighted by Crippen LogP contribution is -2.38. The number of nitrogens with two attached hydrogens (primary N) is 1. The number of benzene rings is 1. The zero-order chi connectivity index (χ0) is 15.7. The van der Waals surface area contributed by atoms with Gasteiger partial charge < -0.3 is 15.4 Å². The van der Waals surface area contributed by atoms with Crippen LogP contribution in [0, 0.1) is 0 Å². The molecule has 0 aliphatic carbocycles. The predicted octanol–water partition coefficient (Wildman–Crippen LogP) is 3.61. The number of ether oxygens (including phenoxy) is 1. The zero-order valence-corrected chi connectivity index (χ0v) is 14.1. The van der Waals surface area contributed by atoms with Crippen LogP contribution in [0.3, 0.4) is 0 Å². The fourth-order valence-corrected chi connectivity index (χ4v) is 2.81. The van der Waals surface area contributed by atoms with Gasteiger partial charge in [-0.25, -0.2) is 0 Å². The van der Waals surface area contributed by atoms with Crippen molar-refractivity contribution in [3.63, 3.8) is 0 Å². The second-order valence-corrected chi connectivity index (χ2v) is 5.66.